The van der Waals surface area contributed by atoms with Gasteiger partial charge in [-0.05, 0) is 27.2 Å². The summed E-state index contributed by atoms with van der Waals surface area (Å²) in [6, 6.07) is 0. The number of rotatable bonds is 6. The normalized spacial score (nSPS) is 11.3. The number of hydrogen-bond donors (Lipinski definition) is 1. The summed E-state index contributed by atoms with van der Waals surface area (Å²) in [5, 5.41) is 5.22. The molecule has 0 spiro atoms. The zero-order chi connectivity index (χ0) is 16.0. The molecule has 0 saturated carbocycles. The fourth-order valence-corrected chi connectivity index (χ4v) is 1.50. The van der Waals surface area contributed by atoms with Crippen molar-refractivity contribution in [3.05, 3.63) is 6.20 Å². The highest BCUT2D eigenvalue weighted by Crippen LogP contribution is 2.17. The smallest absolute Gasteiger partial charge is 0.434 e. The minimum Gasteiger partial charge on any atom is -0.478 e. The van der Waals surface area contributed by atoms with E-state index in [1.807, 2.05) is 0 Å². The van der Waals surface area contributed by atoms with Crippen molar-refractivity contribution >= 4 is 11.8 Å². The Balaban J connectivity index is 2.28. The van der Waals surface area contributed by atoms with Crippen molar-refractivity contribution in [2.75, 3.05) is 26.5 Å². The maximum atomic E-state index is 11.6. The molecule has 0 aromatic carbocycles. The van der Waals surface area contributed by atoms with Crippen LogP contribution >= 0.6 is 0 Å². The van der Waals surface area contributed by atoms with Gasteiger partial charge in [0.1, 0.15) is 11.3 Å². The number of amides is 1. The van der Waals surface area contributed by atoms with E-state index in [2.05, 4.69) is 5.10 Å². The van der Waals surface area contributed by atoms with Crippen LogP contribution in [-0.2, 0) is 16.1 Å². The van der Waals surface area contributed by atoms with Gasteiger partial charge in [0.25, 0.3) is 5.88 Å². The third-order valence-electron chi connectivity index (χ3n) is 2.41. The molecular formula is C13H24N4O4. The largest absolute Gasteiger partial charge is 0.478 e. The highest BCUT2D eigenvalue weighted by molar-refractivity contribution is 5.66. The summed E-state index contributed by atoms with van der Waals surface area (Å²) < 4.78 is 11.8. The van der Waals surface area contributed by atoms with Crippen molar-refractivity contribution in [1.29, 1.82) is 0 Å². The van der Waals surface area contributed by atoms with Crippen molar-refractivity contribution in [2.24, 2.45) is 0 Å². The predicted octanol–water partition coefficient (Wildman–Crippen LogP) is 1.66. The van der Waals surface area contributed by atoms with Crippen LogP contribution in [0.4, 0.5) is 10.5 Å². The number of methoxy groups -OCH3 is 1. The number of hydrogen-bond acceptors (Lipinski definition) is 6. The van der Waals surface area contributed by atoms with Gasteiger partial charge in [-0.3, -0.25) is 9.52 Å². The SMILES string of the molecule is COc1nn(CCCON(C)C(=O)OC(C)(C)C)cc1N. The number of hydroxylamine groups is 2. The standard InChI is InChI=1S/C13H24N4O4/c1-13(2,3)21-12(18)16(4)20-8-6-7-17-9-10(14)11(15-17)19-5/h9H,6-8,14H2,1-5H3. The lowest BCUT2D eigenvalue weighted by atomic mass is 10.2. The van der Waals surface area contributed by atoms with Crippen LogP contribution < -0.4 is 10.5 Å². The van der Waals surface area contributed by atoms with E-state index < -0.39 is 11.7 Å². The van der Waals surface area contributed by atoms with Crippen LogP contribution in [0, 0.1) is 0 Å². The summed E-state index contributed by atoms with van der Waals surface area (Å²) in [6.07, 6.45) is 1.83. The summed E-state index contributed by atoms with van der Waals surface area (Å²) in [5.74, 6) is 0.404. The molecule has 8 heteroatoms. The lowest BCUT2D eigenvalue weighted by Gasteiger charge is -2.24. The molecule has 0 fully saturated rings. The number of aromatic nitrogens is 2. The predicted molar refractivity (Wildman–Crippen MR) is 77.8 cm³/mol. The van der Waals surface area contributed by atoms with E-state index in [9.17, 15) is 4.79 Å². The van der Waals surface area contributed by atoms with Crippen molar-refractivity contribution in [2.45, 2.75) is 39.3 Å². The third kappa shape index (κ3) is 5.90. The van der Waals surface area contributed by atoms with Gasteiger partial charge < -0.3 is 15.2 Å². The molecule has 0 saturated heterocycles. The van der Waals surface area contributed by atoms with E-state index in [0.717, 1.165) is 5.06 Å². The Morgan fingerprint density at radius 3 is 2.67 bits per heavy atom. The number of aryl methyl sites for hydroxylation is 1. The summed E-state index contributed by atoms with van der Waals surface area (Å²) >= 11 is 0. The first-order valence-electron chi connectivity index (χ1n) is 6.69. The van der Waals surface area contributed by atoms with Crippen LogP contribution in [0.15, 0.2) is 6.20 Å². The first kappa shape index (κ1) is 17.1. The highest BCUT2D eigenvalue weighted by atomic mass is 16.7. The number of nitrogens with two attached hydrogens (primary N) is 1. The molecule has 120 valence electrons. The second-order valence-corrected chi connectivity index (χ2v) is 5.52. The molecule has 1 aromatic heterocycles. The van der Waals surface area contributed by atoms with Crippen molar-refractivity contribution < 1.29 is 19.1 Å². The van der Waals surface area contributed by atoms with Crippen LogP contribution in [-0.4, -0.2) is 47.3 Å². The van der Waals surface area contributed by atoms with Crippen molar-refractivity contribution in [3.8, 4) is 5.88 Å². The van der Waals surface area contributed by atoms with Gasteiger partial charge in [-0.2, -0.15) is 5.06 Å². The summed E-state index contributed by atoms with van der Waals surface area (Å²) in [6.45, 7) is 6.37. The first-order valence-corrected chi connectivity index (χ1v) is 6.69. The van der Waals surface area contributed by atoms with Gasteiger partial charge in [-0.1, -0.05) is 0 Å². The zero-order valence-corrected chi connectivity index (χ0v) is 13.3. The van der Waals surface area contributed by atoms with E-state index in [0.29, 0.717) is 31.1 Å². The fourth-order valence-electron chi connectivity index (χ4n) is 1.50. The Morgan fingerprint density at radius 2 is 2.14 bits per heavy atom. The van der Waals surface area contributed by atoms with E-state index in [1.54, 1.807) is 31.6 Å². The number of anilines is 1. The van der Waals surface area contributed by atoms with Crippen LogP contribution in [0.25, 0.3) is 0 Å². The maximum absolute atomic E-state index is 11.6. The lowest BCUT2D eigenvalue weighted by Crippen LogP contribution is -2.34. The van der Waals surface area contributed by atoms with Gasteiger partial charge in [0.15, 0.2) is 0 Å². The second-order valence-electron chi connectivity index (χ2n) is 5.52. The molecule has 0 aliphatic carbocycles. The molecule has 0 radical (unpaired) electrons. The second kappa shape index (κ2) is 7.16. The molecule has 1 heterocycles. The summed E-state index contributed by atoms with van der Waals surface area (Å²) in [7, 11) is 3.03. The van der Waals surface area contributed by atoms with Crippen LogP contribution in [0.5, 0.6) is 5.88 Å². The molecule has 0 aliphatic heterocycles. The first-order chi connectivity index (χ1) is 9.73. The molecule has 2 N–H and O–H groups in total. The Hall–Kier alpha value is -1.96. The monoisotopic (exact) mass is 300 g/mol. The van der Waals surface area contributed by atoms with Crippen LogP contribution in [0.2, 0.25) is 0 Å². The van der Waals surface area contributed by atoms with Gasteiger partial charge in [0, 0.05) is 13.6 Å². The number of nitrogens with zero attached hydrogens (tertiary/aromatic N) is 3. The lowest BCUT2D eigenvalue weighted by molar-refractivity contribution is -0.132. The molecule has 0 aliphatic rings. The number of carbonyl (C=O) groups is 1. The molecule has 0 atom stereocenters. The van der Waals surface area contributed by atoms with E-state index in [4.69, 9.17) is 20.0 Å². The van der Waals surface area contributed by atoms with E-state index in [1.165, 1.54) is 14.2 Å². The summed E-state index contributed by atoms with van der Waals surface area (Å²) in [4.78, 5) is 16.9. The molecule has 21 heavy (non-hydrogen) atoms. The molecular weight excluding hydrogens is 276 g/mol. The van der Waals surface area contributed by atoms with Crippen molar-refractivity contribution in [3.63, 3.8) is 0 Å². The van der Waals surface area contributed by atoms with Gasteiger partial charge in [-0.25, -0.2) is 4.79 Å². The minimum absolute atomic E-state index is 0.359. The summed E-state index contributed by atoms with van der Waals surface area (Å²) in [5.41, 5.74) is 5.64. The number of nitrogen functional groups attached to an aromatic ring is 1. The van der Waals surface area contributed by atoms with Gasteiger partial charge >= 0.3 is 6.09 Å². The zero-order valence-electron chi connectivity index (χ0n) is 13.3. The fraction of sp³-hybridized carbons (Fsp3) is 0.692. The number of ether oxygens (including phenoxy) is 2. The maximum Gasteiger partial charge on any atom is 0.434 e. The third-order valence-corrected chi connectivity index (χ3v) is 2.41. The Kier molecular flexibility index (Phi) is 5.83. The minimum atomic E-state index is -0.544. The van der Waals surface area contributed by atoms with Gasteiger partial charge in [0.2, 0.25) is 0 Å². The molecule has 8 nitrogen and oxygen atoms in total. The average Bonchev–Trinajstić information content (AvgIpc) is 2.72. The highest BCUT2D eigenvalue weighted by Gasteiger charge is 2.19. The molecule has 1 aromatic rings. The average molecular weight is 300 g/mol. The quantitative estimate of drug-likeness (QED) is 0.634. The van der Waals surface area contributed by atoms with Crippen molar-refractivity contribution in [1.82, 2.24) is 14.8 Å². The molecule has 1 amide bonds. The molecule has 0 unspecified atom stereocenters. The van der Waals surface area contributed by atoms with Gasteiger partial charge in [-0.15, -0.1) is 5.10 Å². The number of carbonyl (C=O) groups excluding carboxylic acids is 1. The molecule has 1 rings (SSSR count). The molecule has 0 bridgehead atoms. The van der Waals surface area contributed by atoms with Gasteiger partial charge in [0.05, 0.1) is 19.9 Å². The Labute approximate surface area is 124 Å². The van der Waals surface area contributed by atoms with E-state index >= 15 is 0 Å². The van der Waals surface area contributed by atoms with Crippen LogP contribution in [0.3, 0.4) is 0 Å². The van der Waals surface area contributed by atoms with E-state index in [-0.39, 0.29) is 0 Å². The Morgan fingerprint density at radius 1 is 1.48 bits per heavy atom. The van der Waals surface area contributed by atoms with Crippen LogP contribution in [0.1, 0.15) is 27.2 Å². The Bertz CT molecular complexity index is 467. The topological polar surface area (TPSA) is 91.8 Å².